The molecule has 7 heteroatoms. The summed E-state index contributed by atoms with van der Waals surface area (Å²) in [7, 11) is 1.80. The van der Waals surface area contributed by atoms with Crippen LogP contribution in [0, 0.1) is 12.8 Å². The quantitative estimate of drug-likeness (QED) is 0.699. The normalized spacial score (nSPS) is 12.1. The number of benzene rings is 1. The van der Waals surface area contributed by atoms with Crippen molar-refractivity contribution in [1.82, 2.24) is 20.1 Å². The van der Waals surface area contributed by atoms with Gasteiger partial charge in [-0.1, -0.05) is 37.3 Å². The van der Waals surface area contributed by atoms with Gasteiger partial charge in [-0.05, 0) is 18.9 Å². The van der Waals surface area contributed by atoms with Gasteiger partial charge in [0.1, 0.15) is 0 Å². The Morgan fingerprint density at radius 3 is 2.63 bits per heavy atom. The maximum Gasteiger partial charge on any atom is 0.303 e. The van der Waals surface area contributed by atoms with E-state index in [1.807, 2.05) is 37.3 Å². The summed E-state index contributed by atoms with van der Waals surface area (Å²) >= 11 is 0. The van der Waals surface area contributed by atoms with Crippen LogP contribution in [0.2, 0.25) is 0 Å². The van der Waals surface area contributed by atoms with Gasteiger partial charge in [0.05, 0.1) is 22.3 Å². The minimum Gasteiger partial charge on any atom is -0.481 e. The molecule has 0 aliphatic rings. The van der Waals surface area contributed by atoms with Gasteiger partial charge in [-0.25, -0.2) is 4.98 Å². The lowest BCUT2D eigenvalue weighted by Crippen LogP contribution is -2.29. The van der Waals surface area contributed by atoms with Crippen molar-refractivity contribution in [2.24, 2.45) is 13.0 Å². The highest BCUT2D eigenvalue weighted by Gasteiger charge is 2.20. The van der Waals surface area contributed by atoms with Gasteiger partial charge in [0.2, 0.25) is 0 Å². The van der Waals surface area contributed by atoms with Gasteiger partial charge < -0.3 is 10.4 Å². The Morgan fingerprint density at radius 1 is 1.26 bits per heavy atom. The van der Waals surface area contributed by atoms with Crippen LogP contribution in [0.15, 0.2) is 36.4 Å². The predicted molar refractivity (Wildman–Crippen MR) is 102 cm³/mol. The number of carbonyl (C=O) groups excluding carboxylic acids is 1. The predicted octanol–water partition coefficient (Wildman–Crippen LogP) is 2.78. The van der Waals surface area contributed by atoms with E-state index in [-0.39, 0.29) is 24.8 Å². The summed E-state index contributed by atoms with van der Waals surface area (Å²) in [5.74, 6) is -1.29. The maximum absolute atomic E-state index is 12.9. The third kappa shape index (κ3) is 3.97. The molecule has 1 atom stereocenters. The van der Waals surface area contributed by atoms with Crippen LogP contribution in [-0.4, -0.2) is 38.3 Å². The molecule has 140 valence electrons. The number of rotatable bonds is 6. The van der Waals surface area contributed by atoms with Gasteiger partial charge in [0, 0.05) is 25.6 Å². The van der Waals surface area contributed by atoms with Crippen LogP contribution in [0.25, 0.3) is 22.3 Å². The molecular weight excluding hydrogens is 344 g/mol. The van der Waals surface area contributed by atoms with Crippen molar-refractivity contribution < 1.29 is 14.7 Å². The summed E-state index contributed by atoms with van der Waals surface area (Å²) in [6.45, 7) is 3.92. The van der Waals surface area contributed by atoms with E-state index in [1.54, 1.807) is 24.7 Å². The fraction of sp³-hybridized carbons (Fsp3) is 0.300. The minimum absolute atomic E-state index is 0.00716. The van der Waals surface area contributed by atoms with Crippen molar-refractivity contribution in [3.63, 3.8) is 0 Å². The number of pyridine rings is 1. The van der Waals surface area contributed by atoms with E-state index in [2.05, 4.69) is 15.4 Å². The molecular formula is C20H22N4O3. The largest absolute Gasteiger partial charge is 0.481 e. The zero-order valence-corrected chi connectivity index (χ0v) is 15.6. The van der Waals surface area contributed by atoms with Crippen LogP contribution in [0.5, 0.6) is 0 Å². The van der Waals surface area contributed by atoms with Crippen molar-refractivity contribution in [2.45, 2.75) is 20.3 Å². The molecule has 0 saturated carbocycles. The number of nitrogens with zero attached hydrogens (tertiary/aromatic N) is 3. The second-order valence-corrected chi connectivity index (χ2v) is 6.74. The number of amides is 1. The Balaban J connectivity index is 2.00. The van der Waals surface area contributed by atoms with Crippen LogP contribution >= 0.6 is 0 Å². The standard InChI is InChI=1S/C20H22N4O3/c1-12(9-17(25)26)11-21-20(27)15-10-16(14-7-5-4-6-8-14)22-19-18(15)13(2)23-24(19)3/h4-8,10,12H,9,11H2,1-3H3,(H,21,27)(H,25,26). The molecule has 0 saturated heterocycles. The van der Waals surface area contributed by atoms with E-state index in [4.69, 9.17) is 5.11 Å². The molecule has 0 spiro atoms. The van der Waals surface area contributed by atoms with E-state index < -0.39 is 5.97 Å². The van der Waals surface area contributed by atoms with E-state index in [0.29, 0.717) is 22.3 Å². The lowest BCUT2D eigenvalue weighted by atomic mass is 10.0. The molecule has 1 unspecified atom stereocenters. The summed E-state index contributed by atoms with van der Waals surface area (Å²) in [4.78, 5) is 28.4. The number of nitrogens with one attached hydrogen (secondary N) is 1. The second-order valence-electron chi connectivity index (χ2n) is 6.74. The van der Waals surface area contributed by atoms with Gasteiger partial charge >= 0.3 is 5.97 Å². The zero-order chi connectivity index (χ0) is 19.6. The second kappa shape index (κ2) is 7.57. The maximum atomic E-state index is 12.9. The Kier molecular flexibility index (Phi) is 5.21. The molecule has 0 aliphatic carbocycles. The Bertz CT molecular complexity index is 995. The fourth-order valence-electron chi connectivity index (χ4n) is 3.11. The summed E-state index contributed by atoms with van der Waals surface area (Å²) < 4.78 is 1.67. The lowest BCUT2D eigenvalue weighted by Gasteiger charge is -2.12. The van der Waals surface area contributed by atoms with Gasteiger partial charge in [-0.2, -0.15) is 5.10 Å². The zero-order valence-electron chi connectivity index (χ0n) is 15.6. The van der Waals surface area contributed by atoms with Crippen molar-refractivity contribution in [2.75, 3.05) is 6.54 Å². The van der Waals surface area contributed by atoms with Crippen LogP contribution in [0.3, 0.4) is 0 Å². The van der Waals surface area contributed by atoms with Crippen LogP contribution < -0.4 is 5.32 Å². The number of aryl methyl sites for hydroxylation is 2. The number of carboxylic acid groups (broad SMARTS) is 1. The number of aliphatic carboxylic acids is 1. The van der Waals surface area contributed by atoms with Gasteiger partial charge in [-0.3, -0.25) is 14.3 Å². The van der Waals surface area contributed by atoms with Gasteiger partial charge in [-0.15, -0.1) is 0 Å². The molecule has 1 amide bonds. The smallest absolute Gasteiger partial charge is 0.303 e. The third-order valence-corrected chi connectivity index (χ3v) is 4.42. The lowest BCUT2D eigenvalue weighted by molar-refractivity contribution is -0.137. The van der Waals surface area contributed by atoms with Crippen LogP contribution in [0.1, 0.15) is 29.4 Å². The molecule has 2 N–H and O–H groups in total. The van der Waals surface area contributed by atoms with Crippen LogP contribution in [-0.2, 0) is 11.8 Å². The number of fused-ring (bicyclic) bond motifs is 1. The SMILES string of the molecule is Cc1nn(C)c2nc(-c3ccccc3)cc(C(=O)NCC(C)CC(=O)O)c12. The molecule has 2 aromatic heterocycles. The molecule has 7 nitrogen and oxygen atoms in total. The number of carbonyl (C=O) groups is 2. The molecule has 0 aliphatic heterocycles. The fourth-order valence-corrected chi connectivity index (χ4v) is 3.11. The average Bonchev–Trinajstić information content (AvgIpc) is 2.93. The first-order valence-electron chi connectivity index (χ1n) is 8.76. The van der Waals surface area contributed by atoms with Gasteiger partial charge in [0.25, 0.3) is 5.91 Å². The Labute approximate surface area is 157 Å². The number of aromatic nitrogens is 3. The first-order chi connectivity index (χ1) is 12.9. The first kappa shape index (κ1) is 18.6. The minimum atomic E-state index is -0.877. The summed E-state index contributed by atoms with van der Waals surface area (Å²) in [5.41, 5.74) is 3.45. The summed E-state index contributed by atoms with van der Waals surface area (Å²) in [5, 5.41) is 16.8. The molecule has 27 heavy (non-hydrogen) atoms. The summed E-state index contributed by atoms with van der Waals surface area (Å²) in [6.07, 6.45) is 0.00716. The molecule has 3 aromatic rings. The van der Waals surface area contributed by atoms with Crippen LogP contribution in [0.4, 0.5) is 0 Å². The highest BCUT2D eigenvalue weighted by Crippen LogP contribution is 2.26. The van der Waals surface area contributed by atoms with Crippen molar-refractivity contribution >= 4 is 22.9 Å². The van der Waals surface area contributed by atoms with E-state index in [1.165, 1.54) is 0 Å². The average molecular weight is 366 g/mol. The van der Waals surface area contributed by atoms with Gasteiger partial charge in [0.15, 0.2) is 5.65 Å². The highest BCUT2D eigenvalue weighted by molar-refractivity contribution is 6.07. The number of hydrogen-bond acceptors (Lipinski definition) is 4. The molecule has 0 fully saturated rings. The number of carboxylic acids is 1. The first-order valence-corrected chi connectivity index (χ1v) is 8.76. The van der Waals surface area contributed by atoms with E-state index in [9.17, 15) is 9.59 Å². The van der Waals surface area contributed by atoms with Crippen molar-refractivity contribution in [3.05, 3.63) is 47.7 Å². The monoisotopic (exact) mass is 366 g/mol. The molecule has 1 aromatic carbocycles. The Morgan fingerprint density at radius 2 is 1.96 bits per heavy atom. The van der Waals surface area contributed by atoms with Crippen molar-refractivity contribution in [1.29, 1.82) is 0 Å². The van der Waals surface area contributed by atoms with E-state index in [0.717, 1.165) is 11.3 Å². The Hall–Kier alpha value is -3.22. The third-order valence-electron chi connectivity index (χ3n) is 4.42. The summed E-state index contributed by atoms with van der Waals surface area (Å²) in [6, 6.07) is 11.4. The van der Waals surface area contributed by atoms with Crippen molar-refractivity contribution in [3.8, 4) is 11.3 Å². The molecule has 2 heterocycles. The molecule has 0 bridgehead atoms. The highest BCUT2D eigenvalue weighted by atomic mass is 16.4. The molecule has 3 rings (SSSR count). The topological polar surface area (TPSA) is 97.1 Å². The number of hydrogen-bond donors (Lipinski definition) is 2. The van der Waals surface area contributed by atoms with E-state index >= 15 is 0 Å². The molecule has 0 radical (unpaired) electrons.